The van der Waals surface area contributed by atoms with E-state index in [-0.39, 0.29) is 41.5 Å². The van der Waals surface area contributed by atoms with Crippen LogP contribution in [-0.4, -0.2) is 42.9 Å². The zero-order valence-electron chi connectivity index (χ0n) is 13.0. The van der Waals surface area contributed by atoms with Crippen LogP contribution in [0.25, 0.3) is 0 Å². The van der Waals surface area contributed by atoms with E-state index in [2.05, 4.69) is 10.6 Å². The molecule has 0 radical (unpaired) electrons. The number of amides is 2. The summed E-state index contributed by atoms with van der Waals surface area (Å²) in [6, 6.07) is 4.13. The number of halogens is 2. The average molecular weight is 330 g/mol. The maximum absolute atomic E-state index is 13.5. The number of benzene rings is 1. The Labute approximate surface area is 134 Å². The molecule has 1 rings (SSSR count). The molecule has 122 valence electrons. The van der Waals surface area contributed by atoms with Gasteiger partial charge in [-0.15, -0.1) is 0 Å². The highest BCUT2D eigenvalue weighted by Gasteiger charge is 2.11. The molecule has 2 N–H and O–H groups in total. The molecule has 0 unspecified atom stereocenters. The van der Waals surface area contributed by atoms with Gasteiger partial charge in [0.25, 0.3) is 0 Å². The van der Waals surface area contributed by atoms with E-state index in [1.165, 1.54) is 12.1 Å². The third-order valence-electron chi connectivity index (χ3n) is 2.79. The lowest BCUT2D eigenvalue weighted by Gasteiger charge is -2.17. The second-order valence-electron chi connectivity index (χ2n) is 5.38. The van der Waals surface area contributed by atoms with E-state index < -0.39 is 5.82 Å². The zero-order chi connectivity index (χ0) is 16.7. The van der Waals surface area contributed by atoms with Crippen molar-refractivity contribution in [2.24, 2.45) is 0 Å². The summed E-state index contributed by atoms with van der Waals surface area (Å²) in [6.45, 7) is 4.37. The first kappa shape index (κ1) is 18.4. The summed E-state index contributed by atoms with van der Waals surface area (Å²) in [7, 11) is 1.75. The number of rotatable bonds is 7. The first-order valence-corrected chi connectivity index (χ1v) is 7.38. The highest BCUT2D eigenvalue weighted by Crippen LogP contribution is 2.18. The van der Waals surface area contributed by atoms with Gasteiger partial charge in [-0.1, -0.05) is 11.6 Å². The summed E-state index contributed by atoms with van der Waals surface area (Å²) in [5.74, 6) is -0.996. The van der Waals surface area contributed by atoms with Crippen molar-refractivity contribution in [1.82, 2.24) is 10.2 Å². The van der Waals surface area contributed by atoms with Gasteiger partial charge in [0.15, 0.2) is 0 Å². The molecule has 7 heteroatoms. The van der Waals surface area contributed by atoms with Gasteiger partial charge in [-0.2, -0.15) is 0 Å². The van der Waals surface area contributed by atoms with Crippen molar-refractivity contribution in [3.05, 3.63) is 29.0 Å². The summed E-state index contributed by atoms with van der Waals surface area (Å²) in [5, 5.41) is 5.52. The monoisotopic (exact) mass is 329 g/mol. The van der Waals surface area contributed by atoms with Crippen LogP contribution in [0.4, 0.5) is 10.1 Å². The topological polar surface area (TPSA) is 61.4 Å². The SMILES string of the molecule is CC(C)NC(=O)CN(C)CCC(=O)Nc1ccc(Cl)cc1F. The van der Waals surface area contributed by atoms with Gasteiger partial charge < -0.3 is 10.6 Å². The standard InChI is InChI=1S/C15H21ClFN3O2/c1-10(2)18-15(22)9-20(3)7-6-14(21)19-13-5-4-11(16)8-12(13)17/h4-5,8,10H,6-7,9H2,1-3H3,(H,18,22)(H,19,21). The third kappa shape index (κ3) is 6.87. The van der Waals surface area contributed by atoms with Gasteiger partial charge in [0.05, 0.1) is 12.2 Å². The predicted octanol–water partition coefficient (Wildman–Crippen LogP) is 2.26. The van der Waals surface area contributed by atoms with Gasteiger partial charge in [0.2, 0.25) is 11.8 Å². The molecule has 1 aromatic rings. The summed E-state index contributed by atoms with van der Waals surface area (Å²) in [5.41, 5.74) is 0.0922. The molecule has 5 nitrogen and oxygen atoms in total. The molecule has 1 aromatic carbocycles. The molecule has 0 atom stereocenters. The van der Waals surface area contributed by atoms with Gasteiger partial charge in [-0.3, -0.25) is 14.5 Å². The molecule has 0 heterocycles. The molecular formula is C15H21ClFN3O2. The van der Waals surface area contributed by atoms with Crippen molar-refractivity contribution in [3.63, 3.8) is 0 Å². The Bertz CT molecular complexity index is 538. The van der Waals surface area contributed by atoms with E-state index in [9.17, 15) is 14.0 Å². The summed E-state index contributed by atoms with van der Waals surface area (Å²) < 4.78 is 13.5. The Kier molecular flexibility index (Phi) is 7.27. The number of carbonyl (C=O) groups is 2. The fourth-order valence-corrected chi connectivity index (χ4v) is 1.95. The second kappa shape index (κ2) is 8.70. The number of anilines is 1. The lowest BCUT2D eigenvalue weighted by Crippen LogP contribution is -2.39. The van der Waals surface area contributed by atoms with Gasteiger partial charge in [-0.25, -0.2) is 4.39 Å². The minimum atomic E-state index is -0.578. The van der Waals surface area contributed by atoms with E-state index in [0.717, 1.165) is 6.07 Å². The van der Waals surface area contributed by atoms with Gasteiger partial charge in [0, 0.05) is 24.0 Å². The second-order valence-corrected chi connectivity index (χ2v) is 5.82. The van der Waals surface area contributed by atoms with Crippen LogP contribution in [0.2, 0.25) is 5.02 Å². The molecule has 2 amide bonds. The van der Waals surface area contributed by atoms with Crippen LogP contribution in [0.5, 0.6) is 0 Å². The minimum absolute atomic E-state index is 0.0806. The van der Waals surface area contributed by atoms with Crippen molar-refractivity contribution in [2.45, 2.75) is 26.3 Å². The van der Waals surface area contributed by atoms with Crippen LogP contribution < -0.4 is 10.6 Å². The maximum Gasteiger partial charge on any atom is 0.234 e. The number of likely N-dealkylation sites (N-methyl/N-ethyl adjacent to an activating group) is 1. The lowest BCUT2D eigenvalue weighted by atomic mass is 10.3. The Morgan fingerprint density at radius 2 is 2.00 bits per heavy atom. The van der Waals surface area contributed by atoms with E-state index >= 15 is 0 Å². The molecule has 0 saturated heterocycles. The van der Waals surface area contributed by atoms with Gasteiger partial charge in [-0.05, 0) is 39.1 Å². The molecule has 22 heavy (non-hydrogen) atoms. The van der Waals surface area contributed by atoms with Crippen LogP contribution in [0.3, 0.4) is 0 Å². The fourth-order valence-electron chi connectivity index (χ4n) is 1.79. The molecule has 0 fully saturated rings. The number of hydrogen-bond donors (Lipinski definition) is 2. The Morgan fingerprint density at radius 3 is 2.59 bits per heavy atom. The molecule has 0 saturated carbocycles. The smallest absolute Gasteiger partial charge is 0.234 e. The normalized spacial score (nSPS) is 10.9. The van der Waals surface area contributed by atoms with Gasteiger partial charge >= 0.3 is 0 Å². The van der Waals surface area contributed by atoms with Crippen LogP contribution in [0.1, 0.15) is 20.3 Å². The van der Waals surface area contributed by atoms with Crippen molar-refractivity contribution in [3.8, 4) is 0 Å². The van der Waals surface area contributed by atoms with E-state index in [1.807, 2.05) is 13.8 Å². The molecule has 0 aromatic heterocycles. The van der Waals surface area contributed by atoms with Crippen molar-refractivity contribution in [2.75, 3.05) is 25.5 Å². The van der Waals surface area contributed by atoms with Crippen LogP contribution in [0.15, 0.2) is 18.2 Å². The third-order valence-corrected chi connectivity index (χ3v) is 3.02. The summed E-state index contributed by atoms with van der Waals surface area (Å²) in [6.07, 6.45) is 0.160. The summed E-state index contributed by atoms with van der Waals surface area (Å²) in [4.78, 5) is 25.1. The van der Waals surface area contributed by atoms with Crippen molar-refractivity contribution < 1.29 is 14.0 Å². The van der Waals surface area contributed by atoms with E-state index in [0.29, 0.717) is 6.54 Å². The van der Waals surface area contributed by atoms with Crippen LogP contribution in [0, 0.1) is 5.82 Å². The molecule has 0 bridgehead atoms. The zero-order valence-corrected chi connectivity index (χ0v) is 13.7. The van der Waals surface area contributed by atoms with Gasteiger partial charge in [0.1, 0.15) is 5.82 Å². The molecular weight excluding hydrogens is 309 g/mol. The molecule has 0 spiro atoms. The fraction of sp³-hybridized carbons (Fsp3) is 0.467. The van der Waals surface area contributed by atoms with Crippen molar-refractivity contribution >= 4 is 29.1 Å². The number of hydrogen-bond acceptors (Lipinski definition) is 3. The van der Waals surface area contributed by atoms with Crippen LogP contribution >= 0.6 is 11.6 Å². The molecule has 0 aliphatic heterocycles. The highest BCUT2D eigenvalue weighted by molar-refractivity contribution is 6.30. The highest BCUT2D eigenvalue weighted by atomic mass is 35.5. The average Bonchev–Trinajstić information content (AvgIpc) is 2.38. The summed E-state index contributed by atoms with van der Waals surface area (Å²) >= 11 is 5.64. The number of nitrogens with one attached hydrogen (secondary N) is 2. The van der Waals surface area contributed by atoms with Crippen LogP contribution in [-0.2, 0) is 9.59 Å². The Hall–Kier alpha value is -1.66. The van der Waals surface area contributed by atoms with E-state index in [4.69, 9.17) is 11.6 Å². The predicted molar refractivity (Wildman–Crippen MR) is 85.4 cm³/mol. The first-order valence-electron chi connectivity index (χ1n) is 7.00. The number of carbonyl (C=O) groups excluding carboxylic acids is 2. The maximum atomic E-state index is 13.5. The minimum Gasteiger partial charge on any atom is -0.353 e. The molecule has 0 aliphatic carbocycles. The quantitative estimate of drug-likeness (QED) is 0.806. The molecule has 0 aliphatic rings. The Balaban J connectivity index is 2.38. The van der Waals surface area contributed by atoms with Crippen molar-refractivity contribution in [1.29, 1.82) is 0 Å². The largest absolute Gasteiger partial charge is 0.353 e. The lowest BCUT2D eigenvalue weighted by molar-refractivity contribution is -0.123. The number of nitrogens with zero attached hydrogens (tertiary/aromatic N) is 1. The Morgan fingerprint density at radius 1 is 1.32 bits per heavy atom. The first-order chi connectivity index (χ1) is 10.3. The van der Waals surface area contributed by atoms with E-state index in [1.54, 1.807) is 11.9 Å².